The number of nitrogens with one attached hydrogen (secondary N) is 2. The highest BCUT2D eigenvalue weighted by molar-refractivity contribution is 6.30. The Balaban J connectivity index is 1.75. The van der Waals surface area contributed by atoms with E-state index >= 15 is 0 Å². The van der Waals surface area contributed by atoms with Crippen molar-refractivity contribution in [1.29, 1.82) is 0 Å². The first-order valence-corrected chi connectivity index (χ1v) is 9.00. The van der Waals surface area contributed by atoms with Gasteiger partial charge in [-0.05, 0) is 48.4 Å². The normalized spacial score (nSPS) is 10.4. The minimum atomic E-state index is -0.389. The van der Waals surface area contributed by atoms with Crippen molar-refractivity contribution >= 4 is 23.2 Å². The lowest BCUT2D eigenvalue weighted by Gasteiger charge is -2.10. The lowest BCUT2D eigenvalue weighted by Crippen LogP contribution is -2.23. The smallest absolute Gasteiger partial charge is 0.273 e. The van der Waals surface area contributed by atoms with Crippen molar-refractivity contribution < 1.29 is 9.90 Å². The quantitative estimate of drug-likeness (QED) is 0.589. The first kappa shape index (κ1) is 18.7. The largest absolute Gasteiger partial charge is 0.505 e. The molecule has 0 aliphatic carbocycles. The van der Waals surface area contributed by atoms with Crippen LogP contribution in [0.15, 0.2) is 60.8 Å². The van der Waals surface area contributed by atoms with Gasteiger partial charge < -0.3 is 15.7 Å². The van der Waals surface area contributed by atoms with Gasteiger partial charge in [-0.25, -0.2) is 4.98 Å². The molecule has 1 amide bonds. The van der Waals surface area contributed by atoms with E-state index in [0.29, 0.717) is 18.1 Å². The standard InChI is InChI=1S/C21H20ClN3O2/c1-2-23-21(27)20-19(26)11-16(13-25-20)15-4-3-5-18(10-15)24-12-14-6-8-17(22)9-7-14/h3-11,13,24,26H,2,12H2,1H3,(H,23,27). The molecule has 0 fully saturated rings. The summed E-state index contributed by atoms with van der Waals surface area (Å²) in [6.07, 6.45) is 1.59. The Bertz CT molecular complexity index is 942. The Hall–Kier alpha value is -3.05. The second-order valence-electron chi connectivity index (χ2n) is 6.01. The van der Waals surface area contributed by atoms with E-state index in [9.17, 15) is 9.90 Å². The average Bonchev–Trinajstić information content (AvgIpc) is 2.68. The molecule has 2 aromatic carbocycles. The number of halogens is 1. The van der Waals surface area contributed by atoms with Gasteiger partial charge in [-0.3, -0.25) is 4.79 Å². The molecule has 1 aromatic heterocycles. The fourth-order valence-electron chi connectivity index (χ4n) is 2.65. The molecule has 5 nitrogen and oxygen atoms in total. The van der Waals surface area contributed by atoms with Gasteiger partial charge in [-0.2, -0.15) is 0 Å². The molecule has 0 atom stereocenters. The molecule has 3 rings (SSSR count). The van der Waals surface area contributed by atoms with Gasteiger partial charge in [0.1, 0.15) is 5.75 Å². The zero-order valence-corrected chi connectivity index (χ0v) is 15.6. The predicted molar refractivity (Wildman–Crippen MR) is 108 cm³/mol. The fraction of sp³-hybridized carbons (Fsp3) is 0.143. The summed E-state index contributed by atoms with van der Waals surface area (Å²) in [6, 6.07) is 17.0. The fourth-order valence-corrected chi connectivity index (χ4v) is 2.77. The SMILES string of the molecule is CCNC(=O)c1ncc(-c2cccc(NCc3ccc(Cl)cc3)c2)cc1O. The van der Waals surface area contributed by atoms with Gasteiger partial charge in [0.2, 0.25) is 0 Å². The number of hydrogen-bond donors (Lipinski definition) is 3. The van der Waals surface area contributed by atoms with Crippen molar-refractivity contribution in [2.24, 2.45) is 0 Å². The highest BCUT2D eigenvalue weighted by Gasteiger charge is 2.13. The topological polar surface area (TPSA) is 74.2 Å². The average molecular weight is 382 g/mol. The molecule has 0 aliphatic heterocycles. The maximum absolute atomic E-state index is 11.9. The lowest BCUT2D eigenvalue weighted by atomic mass is 10.1. The number of carbonyl (C=O) groups is 1. The summed E-state index contributed by atoms with van der Waals surface area (Å²) in [4.78, 5) is 16.0. The first-order valence-electron chi connectivity index (χ1n) is 8.63. The number of aromatic hydroxyl groups is 1. The molecule has 0 bridgehead atoms. The number of benzene rings is 2. The van der Waals surface area contributed by atoms with Gasteiger partial charge >= 0.3 is 0 Å². The van der Waals surface area contributed by atoms with E-state index in [4.69, 9.17) is 11.6 Å². The molecule has 0 aliphatic rings. The van der Waals surface area contributed by atoms with Gasteiger partial charge in [-0.15, -0.1) is 0 Å². The van der Waals surface area contributed by atoms with Crippen LogP contribution in [0.2, 0.25) is 5.02 Å². The summed E-state index contributed by atoms with van der Waals surface area (Å²) in [5.74, 6) is -0.530. The molecule has 3 aromatic rings. The number of anilines is 1. The van der Waals surface area contributed by atoms with Crippen LogP contribution in [-0.2, 0) is 6.54 Å². The third-order valence-electron chi connectivity index (χ3n) is 4.03. The number of nitrogens with zero attached hydrogens (tertiary/aromatic N) is 1. The Labute approximate surface area is 163 Å². The molecule has 0 spiro atoms. The first-order chi connectivity index (χ1) is 13.1. The zero-order chi connectivity index (χ0) is 19.2. The predicted octanol–water partition coefficient (Wildman–Crippen LogP) is 4.47. The number of hydrogen-bond acceptors (Lipinski definition) is 4. The van der Waals surface area contributed by atoms with Crippen LogP contribution in [0.25, 0.3) is 11.1 Å². The van der Waals surface area contributed by atoms with Crippen molar-refractivity contribution in [2.75, 3.05) is 11.9 Å². The summed E-state index contributed by atoms with van der Waals surface area (Å²) in [5, 5.41) is 16.8. The minimum Gasteiger partial charge on any atom is -0.505 e. The van der Waals surface area contributed by atoms with E-state index in [1.165, 1.54) is 0 Å². The Kier molecular flexibility index (Phi) is 5.94. The zero-order valence-electron chi connectivity index (χ0n) is 14.9. The summed E-state index contributed by atoms with van der Waals surface area (Å²) in [5.41, 5.74) is 3.71. The molecule has 0 unspecified atom stereocenters. The Morgan fingerprint density at radius 3 is 2.59 bits per heavy atom. The molecule has 3 N–H and O–H groups in total. The maximum atomic E-state index is 11.9. The van der Waals surface area contributed by atoms with Crippen molar-refractivity contribution in [1.82, 2.24) is 10.3 Å². The van der Waals surface area contributed by atoms with Gasteiger partial charge in [0.05, 0.1) is 0 Å². The van der Waals surface area contributed by atoms with Crippen LogP contribution in [0.4, 0.5) is 5.69 Å². The Morgan fingerprint density at radius 2 is 1.89 bits per heavy atom. The van der Waals surface area contributed by atoms with Gasteiger partial charge in [0.15, 0.2) is 5.69 Å². The van der Waals surface area contributed by atoms with Crippen LogP contribution in [0.3, 0.4) is 0 Å². The molecule has 27 heavy (non-hydrogen) atoms. The summed E-state index contributed by atoms with van der Waals surface area (Å²) >= 11 is 5.91. The number of carbonyl (C=O) groups excluding carboxylic acids is 1. The van der Waals surface area contributed by atoms with E-state index < -0.39 is 0 Å². The van der Waals surface area contributed by atoms with Crippen LogP contribution in [0, 0.1) is 0 Å². The molecular formula is C21H20ClN3O2. The number of aromatic nitrogens is 1. The van der Waals surface area contributed by atoms with E-state index in [0.717, 1.165) is 22.4 Å². The number of pyridine rings is 1. The van der Waals surface area contributed by atoms with E-state index in [-0.39, 0.29) is 17.4 Å². The van der Waals surface area contributed by atoms with Crippen LogP contribution < -0.4 is 10.6 Å². The highest BCUT2D eigenvalue weighted by Crippen LogP contribution is 2.27. The highest BCUT2D eigenvalue weighted by atomic mass is 35.5. The number of rotatable bonds is 6. The Morgan fingerprint density at radius 1 is 1.11 bits per heavy atom. The van der Waals surface area contributed by atoms with Gasteiger partial charge in [-0.1, -0.05) is 35.9 Å². The van der Waals surface area contributed by atoms with Crippen LogP contribution >= 0.6 is 11.6 Å². The number of amides is 1. The molecule has 1 heterocycles. The summed E-state index contributed by atoms with van der Waals surface area (Å²) in [6.45, 7) is 2.95. The second-order valence-corrected chi connectivity index (χ2v) is 6.45. The van der Waals surface area contributed by atoms with E-state index in [1.54, 1.807) is 12.3 Å². The second kappa shape index (κ2) is 8.56. The summed E-state index contributed by atoms with van der Waals surface area (Å²) < 4.78 is 0. The van der Waals surface area contributed by atoms with Crippen LogP contribution in [-0.4, -0.2) is 22.5 Å². The summed E-state index contributed by atoms with van der Waals surface area (Å²) in [7, 11) is 0. The molecular weight excluding hydrogens is 362 g/mol. The molecule has 0 saturated carbocycles. The molecule has 0 radical (unpaired) electrons. The van der Waals surface area contributed by atoms with Crippen LogP contribution in [0.5, 0.6) is 5.75 Å². The van der Waals surface area contributed by atoms with Gasteiger partial charge in [0.25, 0.3) is 5.91 Å². The molecule has 138 valence electrons. The van der Waals surface area contributed by atoms with Gasteiger partial charge in [0, 0.05) is 35.6 Å². The van der Waals surface area contributed by atoms with Crippen molar-refractivity contribution in [2.45, 2.75) is 13.5 Å². The monoisotopic (exact) mass is 381 g/mol. The maximum Gasteiger partial charge on any atom is 0.273 e. The third kappa shape index (κ3) is 4.77. The molecule has 6 heteroatoms. The molecule has 0 saturated heterocycles. The van der Waals surface area contributed by atoms with E-state index in [2.05, 4.69) is 15.6 Å². The van der Waals surface area contributed by atoms with Crippen molar-refractivity contribution in [3.05, 3.63) is 77.1 Å². The van der Waals surface area contributed by atoms with Crippen molar-refractivity contribution in [3.8, 4) is 16.9 Å². The van der Waals surface area contributed by atoms with Crippen molar-refractivity contribution in [3.63, 3.8) is 0 Å². The minimum absolute atomic E-state index is 0.0256. The van der Waals surface area contributed by atoms with Crippen LogP contribution in [0.1, 0.15) is 23.0 Å². The van der Waals surface area contributed by atoms with E-state index in [1.807, 2.05) is 55.5 Å². The third-order valence-corrected chi connectivity index (χ3v) is 4.28. The lowest BCUT2D eigenvalue weighted by molar-refractivity contribution is 0.0948.